The Labute approximate surface area is 239 Å². The van der Waals surface area contributed by atoms with Gasteiger partial charge in [0.25, 0.3) is 0 Å². The van der Waals surface area contributed by atoms with Gasteiger partial charge in [-0.15, -0.1) is 0 Å². The number of ketones is 1. The van der Waals surface area contributed by atoms with Crippen molar-refractivity contribution in [3.63, 3.8) is 0 Å². The van der Waals surface area contributed by atoms with Crippen molar-refractivity contribution in [1.29, 1.82) is 0 Å². The Morgan fingerprint density at radius 1 is 0.750 bits per heavy atom. The SMILES string of the molecule is CCCN(CCC)Cc1ccc(CC(=O)c2ccc(CN(Cc3ccc(C)cn3)Cc3nccn3C)cc2)cc1. The first kappa shape index (κ1) is 29.4. The molecule has 0 unspecified atom stereocenters. The molecule has 210 valence electrons. The molecule has 4 rings (SSSR count). The van der Waals surface area contributed by atoms with Crippen LogP contribution in [-0.4, -0.2) is 43.2 Å². The third-order valence-corrected chi connectivity index (χ3v) is 7.20. The lowest BCUT2D eigenvalue weighted by Crippen LogP contribution is -2.24. The summed E-state index contributed by atoms with van der Waals surface area (Å²) in [4.78, 5) is 27.0. The highest BCUT2D eigenvalue weighted by Gasteiger charge is 2.13. The molecule has 0 amide bonds. The third-order valence-electron chi connectivity index (χ3n) is 7.20. The molecule has 4 aromatic rings. The van der Waals surface area contributed by atoms with Gasteiger partial charge in [-0.2, -0.15) is 0 Å². The van der Waals surface area contributed by atoms with E-state index in [2.05, 4.69) is 93.6 Å². The van der Waals surface area contributed by atoms with Gasteiger partial charge in [-0.05, 0) is 61.2 Å². The van der Waals surface area contributed by atoms with Crippen molar-refractivity contribution in [3.8, 4) is 0 Å². The molecule has 0 N–H and O–H groups in total. The minimum atomic E-state index is 0.145. The van der Waals surface area contributed by atoms with Crippen molar-refractivity contribution in [1.82, 2.24) is 24.3 Å². The second kappa shape index (κ2) is 14.7. The fraction of sp³-hybridized carbons (Fsp3) is 0.382. The summed E-state index contributed by atoms with van der Waals surface area (Å²) in [6.07, 6.45) is 8.46. The van der Waals surface area contributed by atoms with Crippen LogP contribution in [0.4, 0.5) is 0 Å². The molecule has 0 saturated heterocycles. The number of Topliss-reactive ketones (excluding diaryl/α,β-unsaturated/α-hetero) is 1. The van der Waals surface area contributed by atoms with Crippen LogP contribution in [0, 0.1) is 6.92 Å². The van der Waals surface area contributed by atoms with Gasteiger partial charge >= 0.3 is 0 Å². The van der Waals surface area contributed by atoms with E-state index < -0.39 is 0 Å². The van der Waals surface area contributed by atoms with Crippen molar-refractivity contribution >= 4 is 5.78 Å². The predicted molar refractivity (Wildman–Crippen MR) is 162 cm³/mol. The van der Waals surface area contributed by atoms with E-state index in [0.29, 0.717) is 13.0 Å². The average Bonchev–Trinajstić information content (AvgIpc) is 3.35. The van der Waals surface area contributed by atoms with Gasteiger partial charge in [-0.25, -0.2) is 4.98 Å². The van der Waals surface area contributed by atoms with Crippen LogP contribution < -0.4 is 0 Å². The van der Waals surface area contributed by atoms with E-state index in [-0.39, 0.29) is 5.78 Å². The van der Waals surface area contributed by atoms with Crippen molar-refractivity contribution < 1.29 is 4.79 Å². The van der Waals surface area contributed by atoms with Crippen LogP contribution in [0.25, 0.3) is 0 Å². The van der Waals surface area contributed by atoms with Crippen LogP contribution in [0.5, 0.6) is 0 Å². The molecule has 2 heterocycles. The highest BCUT2D eigenvalue weighted by molar-refractivity contribution is 5.97. The molecule has 2 aromatic heterocycles. The number of carbonyl (C=O) groups excluding carboxylic acids is 1. The first-order valence-electron chi connectivity index (χ1n) is 14.5. The molecule has 0 atom stereocenters. The van der Waals surface area contributed by atoms with Crippen LogP contribution in [0.2, 0.25) is 0 Å². The lowest BCUT2D eigenvalue weighted by atomic mass is 10.0. The van der Waals surface area contributed by atoms with Crippen molar-refractivity contribution in [2.24, 2.45) is 7.05 Å². The van der Waals surface area contributed by atoms with E-state index in [1.54, 1.807) is 0 Å². The Morgan fingerprint density at radius 2 is 1.38 bits per heavy atom. The maximum atomic E-state index is 13.1. The Kier molecular flexibility index (Phi) is 10.8. The second-order valence-electron chi connectivity index (χ2n) is 10.8. The average molecular weight is 538 g/mol. The molecule has 0 fully saturated rings. The number of nitrogens with zero attached hydrogens (tertiary/aromatic N) is 5. The van der Waals surface area contributed by atoms with Crippen LogP contribution in [-0.2, 0) is 39.6 Å². The number of hydrogen-bond donors (Lipinski definition) is 0. The minimum absolute atomic E-state index is 0.145. The summed E-state index contributed by atoms with van der Waals surface area (Å²) in [6.45, 7) is 11.9. The van der Waals surface area contributed by atoms with Crippen molar-refractivity contribution in [2.75, 3.05) is 13.1 Å². The van der Waals surface area contributed by atoms with Crippen LogP contribution in [0.1, 0.15) is 70.8 Å². The van der Waals surface area contributed by atoms with E-state index in [1.807, 2.05) is 37.8 Å². The number of benzene rings is 2. The summed E-state index contributed by atoms with van der Waals surface area (Å²) in [6, 6.07) is 20.8. The van der Waals surface area contributed by atoms with Crippen LogP contribution in [0.15, 0.2) is 79.3 Å². The van der Waals surface area contributed by atoms with Gasteiger partial charge < -0.3 is 4.57 Å². The van der Waals surface area contributed by atoms with Gasteiger partial charge in [0.1, 0.15) is 5.82 Å². The number of pyridine rings is 1. The van der Waals surface area contributed by atoms with Crippen molar-refractivity contribution in [2.45, 2.75) is 66.2 Å². The first-order chi connectivity index (χ1) is 19.4. The fourth-order valence-electron chi connectivity index (χ4n) is 5.00. The van der Waals surface area contributed by atoms with Gasteiger partial charge in [0.2, 0.25) is 0 Å². The Morgan fingerprint density at radius 3 is 1.95 bits per heavy atom. The molecular formula is C34H43N5O. The molecule has 2 aromatic carbocycles. The number of carbonyl (C=O) groups is 1. The maximum Gasteiger partial charge on any atom is 0.167 e. The summed E-state index contributed by atoms with van der Waals surface area (Å²) in [5.74, 6) is 1.15. The summed E-state index contributed by atoms with van der Waals surface area (Å²) in [5, 5.41) is 0. The van der Waals surface area contributed by atoms with Gasteiger partial charge in [0.05, 0.1) is 12.2 Å². The van der Waals surface area contributed by atoms with Gasteiger partial charge in [0, 0.05) is 57.3 Å². The first-order valence-corrected chi connectivity index (χ1v) is 14.5. The van der Waals surface area contributed by atoms with E-state index in [4.69, 9.17) is 0 Å². The topological polar surface area (TPSA) is 54.3 Å². The second-order valence-corrected chi connectivity index (χ2v) is 10.8. The number of hydrogen-bond acceptors (Lipinski definition) is 5. The molecule has 0 radical (unpaired) electrons. The minimum Gasteiger partial charge on any atom is -0.337 e. The third kappa shape index (κ3) is 8.70. The molecule has 0 aliphatic heterocycles. The zero-order valence-corrected chi connectivity index (χ0v) is 24.5. The Hall–Kier alpha value is -3.61. The predicted octanol–water partition coefficient (Wildman–Crippen LogP) is 6.37. The molecule has 6 nitrogen and oxygen atoms in total. The largest absolute Gasteiger partial charge is 0.337 e. The number of aromatic nitrogens is 3. The molecule has 40 heavy (non-hydrogen) atoms. The zero-order valence-electron chi connectivity index (χ0n) is 24.5. The van der Waals surface area contributed by atoms with Crippen LogP contribution >= 0.6 is 0 Å². The summed E-state index contributed by atoms with van der Waals surface area (Å²) >= 11 is 0. The molecule has 0 bridgehead atoms. The van der Waals surface area contributed by atoms with Crippen LogP contribution in [0.3, 0.4) is 0 Å². The summed E-state index contributed by atoms with van der Waals surface area (Å²) < 4.78 is 2.05. The normalized spacial score (nSPS) is 11.4. The monoisotopic (exact) mass is 537 g/mol. The van der Waals surface area contributed by atoms with Gasteiger partial charge in [0.15, 0.2) is 5.78 Å². The summed E-state index contributed by atoms with van der Waals surface area (Å²) in [5.41, 5.74) is 6.45. The van der Waals surface area contributed by atoms with Crippen molar-refractivity contribution in [3.05, 3.63) is 119 Å². The highest BCUT2D eigenvalue weighted by Crippen LogP contribution is 2.16. The van der Waals surface area contributed by atoms with E-state index >= 15 is 0 Å². The lowest BCUT2D eigenvalue weighted by Gasteiger charge is -2.22. The smallest absolute Gasteiger partial charge is 0.167 e. The molecular weight excluding hydrogens is 494 g/mol. The lowest BCUT2D eigenvalue weighted by molar-refractivity contribution is 0.0993. The van der Waals surface area contributed by atoms with Gasteiger partial charge in [-0.1, -0.05) is 68.4 Å². The van der Waals surface area contributed by atoms with Gasteiger partial charge in [-0.3, -0.25) is 19.6 Å². The Bertz CT molecular complexity index is 1320. The standard InChI is InChI=1S/C34H43N5O/c1-5-18-38(19-6-2)23-29-10-8-28(9-11-29)21-33(40)31-14-12-30(13-15-31)24-39(26-34-35-17-20-37(34)4)25-32-16-7-27(3)22-36-32/h7-17,20,22H,5-6,18-19,21,23-26H2,1-4H3. The molecule has 0 aliphatic carbocycles. The number of rotatable bonds is 15. The molecule has 0 spiro atoms. The zero-order chi connectivity index (χ0) is 28.3. The number of aryl methyl sites for hydroxylation is 2. The fourth-order valence-corrected chi connectivity index (χ4v) is 5.00. The molecule has 0 aliphatic rings. The number of imidazole rings is 1. The van der Waals surface area contributed by atoms with E-state index in [1.165, 1.54) is 5.56 Å². The molecule has 0 saturated carbocycles. The Balaban J connectivity index is 1.37. The summed E-state index contributed by atoms with van der Waals surface area (Å²) in [7, 11) is 2.02. The van der Waals surface area contributed by atoms with E-state index in [0.717, 1.165) is 79.3 Å². The highest BCUT2D eigenvalue weighted by atomic mass is 16.1. The molecule has 6 heteroatoms. The maximum absolute atomic E-state index is 13.1. The quantitative estimate of drug-likeness (QED) is 0.165. The van der Waals surface area contributed by atoms with E-state index in [9.17, 15) is 4.79 Å².